The van der Waals surface area contributed by atoms with Crippen LogP contribution in [0.15, 0.2) is 52.1 Å². The van der Waals surface area contributed by atoms with Crippen LogP contribution in [0.1, 0.15) is 15.9 Å². The number of nitrogens with zero attached hydrogens (tertiary/aromatic N) is 2. The Labute approximate surface area is 163 Å². The van der Waals surface area contributed by atoms with Crippen LogP contribution in [0.25, 0.3) is 11.5 Å². The number of methoxy groups -OCH3 is 1. The molecule has 0 aliphatic carbocycles. The Balaban J connectivity index is 1.68. The molecule has 3 aromatic rings. The highest BCUT2D eigenvalue weighted by atomic mass is 32.2. The van der Waals surface area contributed by atoms with Crippen LogP contribution in [0.4, 0.5) is 8.78 Å². The molecule has 0 atom stereocenters. The lowest BCUT2D eigenvalue weighted by molar-refractivity contribution is -0.0501. The van der Waals surface area contributed by atoms with Gasteiger partial charge in [0.2, 0.25) is 5.89 Å². The molecule has 146 valence electrons. The smallest absolute Gasteiger partial charge is 0.387 e. The van der Waals surface area contributed by atoms with Gasteiger partial charge in [-0.1, -0.05) is 23.4 Å². The molecule has 28 heavy (non-hydrogen) atoms. The lowest BCUT2D eigenvalue weighted by Crippen LogP contribution is -2.10. The van der Waals surface area contributed by atoms with Gasteiger partial charge in [-0.05, 0) is 43.3 Å². The molecule has 6 nitrogen and oxygen atoms in total. The first-order valence-electron chi connectivity index (χ1n) is 8.15. The van der Waals surface area contributed by atoms with Crippen LogP contribution in [-0.4, -0.2) is 35.5 Å². The number of aromatic nitrogens is 2. The molecular formula is C19H16F2N2O4S. The Morgan fingerprint density at radius 2 is 1.93 bits per heavy atom. The van der Waals surface area contributed by atoms with Crippen molar-refractivity contribution in [2.45, 2.75) is 18.8 Å². The summed E-state index contributed by atoms with van der Waals surface area (Å²) in [5, 5.41) is 8.05. The number of carbonyl (C=O) groups is 1. The summed E-state index contributed by atoms with van der Waals surface area (Å²) in [5.74, 6) is 0.398. The molecule has 0 unspecified atom stereocenters. The van der Waals surface area contributed by atoms with Crippen LogP contribution in [0, 0.1) is 6.92 Å². The quantitative estimate of drug-likeness (QED) is 0.399. The van der Waals surface area contributed by atoms with Gasteiger partial charge in [-0.3, -0.25) is 4.79 Å². The van der Waals surface area contributed by atoms with Crippen LogP contribution in [-0.2, 0) is 0 Å². The summed E-state index contributed by atoms with van der Waals surface area (Å²) in [6.07, 6.45) is 0. The Morgan fingerprint density at radius 1 is 1.18 bits per heavy atom. The monoisotopic (exact) mass is 406 g/mol. The summed E-state index contributed by atoms with van der Waals surface area (Å²) in [6.45, 7) is -1.25. The van der Waals surface area contributed by atoms with E-state index in [0.29, 0.717) is 17.2 Å². The molecule has 0 spiro atoms. The van der Waals surface area contributed by atoms with Crippen molar-refractivity contribution in [3.8, 4) is 23.0 Å². The van der Waals surface area contributed by atoms with Crippen molar-refractivity contribution in [3.05, 3.63) is 53.6 Å². The normalized spacial score (nSPS) is 10.9. The molecule has 0 fully saturated rings. The van der Waals surface area contributed by atoms with E-state index in [2.05, 4.69) is 14.9 Å². The number of Topliss-reactive ketones (excluding diaryl/α,β-unsaturated/α-hetero) is 1. The van der Waals surface area contributed by atoms with Gasteiger partial charge in [0.05, 0.1) is 18.4 Å². The first-order valence-corrected chi connectivity index (χ1v) is 9.14. The second-order valence-corrected chi connectivity index (χ2v) is 6.62. The predicted molar refractivity (Wildman–Crippen MR) is 99.2 cm³/mol. The zero-order valence-electron chi connectivity index (χ0n) is 15.0. The molecule has 1 heterocycles. The van der Waals surface area contributed by atoms with E-state index in [9.17, 15) is 13.6 Å². The third-order valence-corrected chi connectivity index (χ3v) is 4.54. The predicted octanol–water partition coefficient (Wildman–Crippen LogP) is 4.63. The number of carbonyl (C=O) groups excluding carboxylic acids is 1. The molecule has 0 aliphatic rings. The van der Waals surface area contributed by atoms with Crippen molar-refractivity contribution in [2.24, 2.45) is 0 Å². The minimum Gasteiger partial charge on any atom is -0.497 e. The molecule has 0 amide bonds. The number of hydrogen-bond donors (Lipinski definition) is 0. The van der Waals surface area contributed by atoms with Crippen molar-refractivity contribution in [1.82, 2.24) is 10.2 Å². The van der Waals surface area contributed by atoms with Gasteiger partial charge < -0.3 is 13.9 Å². The number of aryl methyl sites for hydroxylation is 1. The molecule has 1 aromatic heterocycles. The molecule has 0 saturated carbocycles. The number of ketones is 1. The van der Waals surface area contributed by atoms with Crippen LogP contribution < -0.4 is 9.47 Å². The van der Waals surface area contributed by atoms with Gasteiger partial charge in [0.25, 0.3) is 5.22 Å². The first kappa shape index (κ1) is 19.8. The number of thioether (sulfide) groups is 1. The highest BCUT2D eigenvalue weighted by Crippen LogP contribution is 2.27. The average molecular weight is 406 g/mol. The van der Waals surface area contributed by atoms with E-state index in [1.54, 1.807) is 44.4 Å². The van der Waals surface area contributed by atoms with E-state index in [-0.39, 0.29) is 28.1 Å². The van der Waals surface area contributed by atoms with E-state index < -0.39 is 6.61 Å². The third kappa shape index (κ3) is 4.86. The van der Waals surface area contributed by atoms with Crippen molar-refractivity contribution in [1.29, 1.82) is 0 Å². The second kappa shape index (κ2) is 8.83. The number of alkyl halides is 2. The Morgan fingerprint density at radius 3 is 2.61 bits per heavy atom. The van der Waals surface area contributed by atoms with E-state index in [4.69, 9.17) is 9.15 Å². The number of hydrogen-bond acceptors (Lipinski definition) is 7. The fourth-order valence-corrected chi connectivity index (χ4v) is 3.03. The number of benzene rings is 2. The lowest BCUT2D eigenvalue weighted by atomic mass is 10.1. The number of rotatable bonds is 8. The second-order valence-electron chi connectivity index (χ2n) is 5.69. The SMILES string of the molecule is COc1ccc(-c2nnc(SCC(=O)c3cc(C)ccc3OC(F)F)o2)cc1. The molecule has 0 aliphatic heterocycles. The van der Waals surface area contributed by atoms with Gasteiger partial charge in [-0.15, -0.1) is 10.2 Å². The van der Waals surface area contributed by atoms with Crippen LogP contribution in [0.3, 0.4) is 0 Å². The minimum absolute atomic E-state index is 0.0622. The average Bonchev–Trinajstić information content (AvgIpc) is 3.16. The summed E-state index contributed by atoms with van der Waals surface area (Å²) >= 11 is 1.02. The summed E-state index contributed by atoms with van der Waals surface area (Å²) in [5.41, 5.74) is 1.55. The van der Waals surface area contributed by atoms with E-state index in [0.717, 1.165) is 17.3 Å². The molecular weight excluding hydrogens is 390 g/mol. The number of halogens is 2. The summed E-state index contributed by atoms with van der Waals surface area (Å²) < 4.78 is 40.2. The summed E-state index contributed by atoms with van der Waals surface area (Å²) in [6, 6.07) is 11.5. The van der Waals surface area contributed by atoms with Crippen molar-refractivity contribution in [3.63, 3.8) is 0 Å². The van der Waals surface area contributed by atoms with Crippen LogP contribution in [0.5, 0.6) is 11.5 Å². The molecule has 0 N–H and O–H groups in total. The van der Waals surface area contributed by atoms with Gasteiger partial charge in [0.1, 0.15) is 11.5 Å². The molecule has 0 bridgehead atoms. The molecule has 9 heteroatoms. The van der Waals surface area contributed by atoms with Gasteiger partial charge in [-0.2, -0.15) is 8.78 Å². The van der Waals surface area contributed by atoms with Crippen LogP contribution in [0.2, 0.25) is 0 Å². The molecule has 2 aromatic carbocycles. The van der Waals surface area contributed by atoms with Gasteiger partial charge in [-0.25, -0.2) is 0 Å². The fourth-order valence-electron chi connectivity index (χ4n) is 2.38. The Bertz CT molecular complexity index is 961. The molecule has 0 saturated heterocycles. The van der Waals surface area contributed by atoms with Crippen molar-refractivity contribution < 1.29 is 27.5 Å². The van der Waals surface area contributed by atoms with Gasteiger partial charge >= 0.3 is 6.61 Å². The highest BCUT2D eigenvalue weighted by molar-refractivity contribution is 7.99. The van der Waals surface area contributed by atoms with E-state index in [1.165, 1.54) is 12.1 Å². The van der Waals surface area contributed by atoms with E-state index >= 15 is 0 Å². The van der Waals surface area contributed by atoms with Gasteiger partial charge in [0, 0.05) is 5.56 Å². The topological polar surface area (TPSA) is 74.5 Å². The fraction of sp³-hybridized carbons (Fsp3) is 0.211. The summed E-state index contributed by atoms with van der Waals surface area (Å²) in [7, 11) is 1.57. The van der Waals surface area contributed by atoms with Crippen LogP contribution >= 0.6 is 11.8 Å². The Hall–Kier alpha value is -2.94. The van der Waals surface area contributed by atoms with E-state index in [1.807, 2.05) is 0 Å². The largest absolute Gasteiger partial charge is 0.497 e. The maximum atomic E-state index is 12.5. The zero-order valence-corrected chi connectivity index (χ0v) is 15.8. The lowest BCUT2D eigenvalue weighted by Gasteiger charge is -2.10. The molecule has 3 rings (SSSR count). The first-order chi connectivity index (χ1) is 13.5. The highest BCUT2D eigenvalue weighted by Gasteiger charge is 2.18. The maximum Gasteiger partial charge on any atom is 0.387 e. The summed E-state index contributed by atoms with van der Waals surface area (Å²) in [4.78, 5) is 12.5. The van der Waals surface area contributed by atoms with Crippen molar-refractivity contribution >= 4 is 17.5 Å². The Kier molecular flexibility index (Phi) is 6.25. The number of ether oxygens (including phenoxy) is 2. The minimum atomic E-state index is -3.01. The zero-order chi connectivity index (χ0) is 20.1. The van der Waals surface area contributed by atoms with Crippen molar-refractivity contribution in [2.75, 3.05) is 12.9 Å². The van der Waals surface area contributed by atoms with Gasteiger partial charge in [0.15, 0.2) is 5.78 Å². The maximum absolute atomic E-state index is 12.5. The molecule has 0 radical (unpaired) electrons. The third-order valence-electron chi connectivity index (χ3n) is 3.72. The standard InChI is InChI=1S/C19H16F2N2O4S/c1-11-3-8-16(26-18(20)21)14(9-11)15(24)10-28-19-23-22-17(27-19)12-4-6-13(25-2)7-5-12/h3-9,18H,10H2,1-2H3.